The number of methoxy groups -OCH3 is 2. The first-order valence-electron chi connectivity index (χ1n) is 8.00. The molecular formula is C17H28ClNO5. The summed E-state index contributed by atoms with van der Waals surface area (Å²) in [7, 11) is 3.25. The van der Waals surface area contributed by atoms with Gasteiger partial charge in [-0.05, 0) is 31.0 Å². The van der Waals surface area contributed by atoms with Crippen molar-refractivity contribution in [2.24, 2.45) is 0 Å². The van der Waals surface area contributed by atoms with Gasteiger partial charge >= 0.3 is 0 Å². The first kappa shape index (κ1) is 21.0. The minimum absolute atomic E-state index is 0. The number of nitrogens with one attached hydrogen (secondary N) is 1. The van der Waals surface area contributed by atoms with Crippen LogP contribution in [-0.4, -0.2) is 57.8 Å². The quantitative estimate of drug-likeness (QED) is 0.698. The highest BCUT2D eigenvalue weighted by atomic mass is 35.5. The Morgan fingerprint density at radius 3 is 2.67 bits per heavy atom. The highest BCUT2D eigenvalue weighted by Crippen LogP contribution is 2.24. The molecule has 0 aromatic heterocycles. The van der Waals surface area contributed by atoms with Crippen LogP contribution in [0.3, 0.4) is 0 Å². The number of hydrogen-bond donors (Lipinski definition) is 2. The molecular weight excluding hydrogens is 334 g/mol. The third kappa shape index (κ3) is 6.83. The van der Waals surface area contributed by atoms with Gasteiger partial charge in [0.25, 0.3) is 0 Å². The third-order valence-electron chi connectivity index (χ3n) is 3.92. The van der Waals surface area contributed by atoms with E-state index in [0.29, 0.717) is 19.2 Å². The van der Waals surface area contributed by atoms with Crippen molar-refractivity contribution in [1.82, 2.24) is 5.32 Å². The van der Waals surface area contributed by atoms with E-state index in [1.165, 1.54) is 0 Å². The molecule has 0 aliphatic carbocycles. The second-order valence-corrected chi connectivity index (χ2v) is 5.64. The highest BCUT2D eigenvalue weighted by molar-refractivity contribution is 5.85. The fourth-order valence-corrected chi connectivity index (χ4v) is 2.56. The molecule has 2 rings (SSSR count). The van der Waals surface area contributed by atoms with Gasteiger partial charge < -0.3 is 29.4 Å². The number of halogens is 1. The fraction of sp³-hybridized carbons (Fsp3) is 0.647. The van der Waals surface area contributed by atoms with Crippen molar-refractivity contribution < 1.29 is 24.1 Å². The zero-order valence-electron chi connectivity index (χ0n) is 14.3. The summed E-state index contributed by atoms with van der Waals surface area (Å²) >= 11 is 0. The topological polar surface area (TPSA) is 69.2 Å². The largest absolute Gasteiger partial charge is 0.497 e. The Morgan fingerprint density at radius 2 is 2.00 bits per heavy atom. The Hall–Kier alpha value is -1.05. The van der Waals surface area contributed by atoms with E-state index in [1.807, 2.05) is 18.2 Å². The molecule has 1 aromatic rings. The Labute approximate surface area is 149 Å². The van der Waals surface area contributed by atoms with Crippen LogP contribution in [0, 0.1) is 0 Å². The van der Waals surface area contributed by atoms with Gasteiger partial charge in [0.15, 0.2) is 0 Å². The lowest BCUT2D eigenvalue weighted by Gasteiger charge is -2.24. The van der Waals surface area contributed by atoms with Gasteiger partial charge in [0.2, 0.25) is 0 Å². The maximum absolute atomic E-state index is 10.0. The first-order chi connectivity index (χ1) is 11.2. The molecule has 0 spiro atoms. The van der Waals surface area contributed by atoms with Crippen molar-refractivity contribution in [2.45, 2.75) is 31.6 Å². The molecule has 0 amide bonds. The van der Waals surface area contributed by atoms with E-state index >= 15 is 0 Å². The third-order valence-corrected chi connectivity index (χ3v) is 3.92. The predicted molar refractivity (Wildman–Crippen MR) is 94.3 cm³/mol. The van der Waals surface area contributed by atoms with Crippen LogP contribution in [0.2, 0.25) is 0 Å². The van der Waals surface area contributed by atoms with Crippen molar-refractivity contribution in [3.05, 3.63) is 23.8 Å². The van der Waals surface area contributed by atoms with E-state index < -0.39 is 6.10 Å². The summed E-state index contributed by atoms with van der Waals surface area (Å²) in [5.41, 5.74) is 0.899. The van der Waals surface area contributed by atoms with Gasteiger partial charge in [0.05, 0.1) is 33.5 Å². The number of rotatable bonds is 9. The molecule has 0 saturated carbocycles. The summed E-state index contributed by atoms with van der Waals surface area (Å²) in [6, 6.07) is 6.00. The van der Waals surface area contributed by atoms with Gasteiger partial charge in [0, 0.05) is 31.4 Å². The summed E-state index contributed by atoms with van der Waals surface area (Å²) in [5.74, 6) is 1.51. The molecule has 1 unspecified atom stereocenters. The van der Waals surface area contributed by atoms with Crippen LogP contribution in [0.15, 0.2) is 18.2 Å². The second kappa shape index (κ2) is 11.5. The molecule has 1 aliphatic rings. The molecule has 2 N–H and O–H groups in total. The molecule has 1 saturated heterocycles. The summed E-state index contributed by atoms with van der Waals surface area (Å²) in [5, 5.41) is 13.4. The molecule has 1 aliphatic heterocycles. The average Bonchev–Trinajstić information content (AvgIpc) is 2.60. The van der Waals surface area contributed by atoms with Crippen LogP contribution in [0.1, 0.15) is 18.4 Å². The minimum atomic E-state index is -0.533. The molecule has 0 radical (unpaired) electrons. The molecule has 1 aromatic carbocycles. The van der Waals surface area contributed by atoms with E-state index in [9.17, 15) is 5.11 Å². The standard InChI is InChI=1S/C17H27NO5.ClH/c1-20-16-3-4-17(21-2)13(9-16)11-23-12-15(19)10-18-14-5-7-22-8-6-14;/h3-4,9,14-15,18-19H,5-8,10-12H2,1-2H3;1H. The maximum Gasteiger partial charge on any atom is 0.124 e. The number of aliphatic hydroxyl groups is 1. The highest BCUT2D eigenvalue weighted by Gasteiger charge is 2.15. The van der Waals surface area contributed by atoms with Crippen LogP contribution >= 0.6 is 12.4 Å². The molecule has 7 heteroatoms. The van der Waals surface area contributed by atoms with Crippen LogP contribution in [0.4, 0.5) is 0 Å². The number of benzene rings is 1. The maximum atomic E-state index is 10.0. The summed E-state index contributed by atoms with van der Waals surface area (Å²) in [4.78, 5) is 0. The summed E-state index contributed by atoms with van der Waals surface area (Å²) in [6.45, 7) is 2.75. The van der Waals surface area contributed by atoms with E-state index in [1.54, 1.807) is 14.2 Å². The van der Waals surface area contributed by atoms with Crippen LogP contribution in [0.5, 0.6) is 11.5 Å². The number of aliphatic hydroxyl groups excluding tert-OH is 1. The minimum Gasteiger partial charge on any atom is -0.497 e. The van der Waals surface area contributed by atoms with E-state index in [-0.39, 0.29) is 19.0 Å². The van der Waals surface area contributed by atoms with Crippen LogP contribution in [0.25, 0.3) is 0 Å². The van der Waals surface area contributed by atoms with Crippen molar-refractivity contribution in [2.75, 3.05) is 40.6 Å². The summed E-state index contributed by atoms with van der Waals surface area (Å²) in [6.07, 6.45) is 1.46. The average molecular weight is 362 g/mol. The number of ether oxygens (including phenoxy) is 4. The van der Waals surface area contributed by atoms with Crippen molar-refractivity contribution >= 4 is 12.4 Å². The molecule has 6 nitrogen and oxygen atoms in total. The smallest absolute Gasteiger partial charge is 0.124 e. The van der Waals surface area contributed by atoms with E-state index in [2.05, 4.69) is 5.32 Å². The molecule has 24 heavy (non-hydrogen) atoms. The van der Waals surface area contributed by atoms with Crippen LogP contribution < -0.4 is 14.8 Å². The zero-order chi connectivity index (χ0) is 16.5. The lowest BCUT2D eigenvalue weighted by Crippen LogP contribution is -2.40. The van der Waals surface area contributed by atoms with Gasteiger partial charge in [-0.25, -0.2) is 0 Å². The van der Waals surface area contributed by atoms with Gasteiger partial charge in [-0.1, -0.05) is 0 Å². The molecule has 138 valence electrons. The molecule has 1 atom stereocenters. The predicted octanol–water partition coefficient (Wildman–Crippen LogP) is 1.77. The molecule has 1 heterocycles. The zero-order valence-corrected chi connectivity index (χ0v) is 15.1. The number of hydrogen-bond acceptors (Lipinski definition) is 6. The van der Waals surface area contributed by atoms with Gasteiger partial charge in [-0.15, -0.1) is 12.4 Å². The molecule has 1 fully saturated rings. The molecule has 0 bridgehead atoms. The fourth-order valence-electron chi connectivity index (χ4n) is 2.56. The monoisotopic (exact) mass is 361 g/mol. The van der Waals surface area contributed by atoms with Crippen molar-refractivity contribution in [3.8, 4) is 11.5 Å². The first-order valence-corrected chi connectivity index (χ1v) is 8.00. The van der Waals surface area contributed by atoms with Gasteiger partial charge in [-0.3, -0.25) is 0 Å². The van der Waals surface area contributed by atoms with Crippen molar-refractivity contribution in [3.63, 3.8) is 0 Å². The lowest BCUT2D eigenvalue weighted by atomic mass is 10.1. The second-order valence-electron chi connectivity index (χ2n) is 5.64. The van der Waals surface area contributed by atoms with Crippen LogP contribution in [-0.2, 0) is 16.1 Å². The van der Waals surface area contributed by atoms with E-state index in [0.717, 1.165) is 43.1 Å². The Kier molecular flexibility index (Phi) is 10.1. The summed E-state index contributed by atoms with van der Waals surface area (Å²) < 4.78 is 21.4. The van der Waals surface area contributed by atoms with Gasteiger partial charge in [0.1, 0.15) is 11.5 Å². The SMILES string of the molecule is COc1ccc(OC)c(COCC(O)CNC2CCOCC2)c1.Cl. The lowest BCUT2D eigenvalue weighted by molar-refractivity contribution is 0.0223. The Morgan fingerprint density at radius 1 is 1.25 bits per heavy atom. The normalized spacial score (nSPS) is 16.3. The van der Waals surface area contributed by atoms with Crippen molar-refractivity contribution in [1.29, 1.82) is 0 Å². The van der Waals surface area contributed by atoms with E-state index in [4.69, 9.17) is 18.9 Å². The Balaban J connectivity index is 0.00000288. The van der Waals surface area contributed by atoms with Gasteiger partial charge in [-0.2, -0.15) is 0 Å². The Bertz CT molecular complexity index is 468.